The molecule has 0 aromatic heterocycles. The van der Waals surface area contributed by atoms with Gasteiger partial charge in [0.1, 0.15) is 5.92 Å². The van der Waals surface area contributed by atoms with Crippen LogP contribution in [-0.2, 0) is 4.79 Å². The van der Waals surface area contributed by atoms with Crippen LogP contribution >= 0.6 is 24.0 Å². The molecule has 8 heteroatoms. The number of carbonyl (C=O) groups excluding carboxylic acids is 1. The first-order valence-electron chi connectivity index (χ1n) is 8.19. The second-order valence-electron chi connectivity index (χ2n) is 6.00. The molecular weight excluding hydrogens is 354 g/mol. The highest BCUT2D eigenvalue weighted by Gasteiger charge is 2.41. The number of thiocarbonyl (C=S) groups is 1. The number of rotatable bonds is 2. The molecule has 3 N–H and O–H groups in total. The van der Waals surface area contributed by atoms with Gasteiger partial charge in [-0.15, -0.1) is 5.10 Å². The highest BCUT2D eigenvalue weighted by Crippen LogP contribution is 2.46. The number of thioether (sulfide) groups is 1. The maximum absolute atomic E-state index is 12.5. The molecule has 6 nitrogen and oxygen atoms in total. The van der Waals surface area contributed by atoms with E-state index in [9.17, 15) is 4.79 Å². The molecule has 3 aliphatic rings. The molecule has 0 bridgehead atoms. The Hall–Kier alpha value is -2.19. The molecule has 1 atom stereocenters. The van der Waals surface area contributed by atoms with E-state index < -0.39 is 0 Å². The number of para-hydroxylation sites is 1. The standard InChI is InChI=1S/C17H17N5OS2/c23-14-13-11-8-4-5-9-12(11)25-15(13)20-16(19-14)21-22-17(24)18-10-6-2-1-3-7-10/h1-3,6-7,13H,4-5,8-9H2,(H2,18,22,24)(H,19,21,23). The van der Waals surface area contributed by atoms with Gasteiger partial charge in [0.15, 0.2) is 5.11 Å². The first-order chi connectivity index (χ1) is 12.2. The number of carbonyl (C=O) groups is 1. The van der Waals surface area contributed by atoms with Crippen LogP contribution in [0.3, 0.4) is 0 Å². The number of aliphatic imine (C=N–C) groups is 1. The molecule has 0 radical (unpaired) electrons. The van der Waals surface area contributed by atoms with E-state index in [1.165, 1.54) is 16.9 Å². The molecule has 0 saturated carbocycles. The zero-order chi connectivity index (χ0) is 17.2. The van der Waals surface area contributed by atoms with Crippen LogP contribution < -0.4 is 16.1 Å². The molecule has 2 aliphatic heterocycles. The van der Waals surface area contributed by atoms with Gasteiger partial charge in [-0.3, -0.25) is 10.1 Å². The third-order valence-corrected chi connectivity index (χ3v) is 5.73. The number of guanidine groups is 1. The van der Waals surface area contributed by atoms with Gasteiger partial charge in [0.2, 0.25) is 11.9 Å². The summed E-state index contributed by atoms with van der Waals surface area (Å²) in [5, 5.41) is 11.1. The fourth-order valence-electron chi connectivity index (χ4n) is 3.17. The lowest BCUT2D eigenvalue weighted by atomic mass is 9.89. The molecule has 1 aromatic rings. The molecule has 1 amide bonds. The van der Waals surface area contributed by atoms with E-state index in [1.807, 2.05) is 30.3 Å². The van der Waals surface area contributed by atoms with Crippen molar-refractivity contribution in [1.82, 2.24) is 10.7 Å². The van der Waals surface area contributed by atoms with E-state index in [0.717, 1.165) is 30.0 Å². The molecule has 1 aliphatic carbocycles. The number of anilines is 1. The van der Waals surface area contributed by atoms with Crippen molar-refractivity contribution in [2.45, 2.75) is 25.7 Å². The molecule has 128 valence electrons. The van der Waals surface area contributed by atoms with Crippen molar-refractivity contribution in [3.05, 3.63) is 40.8 Å². The minimum atomic E-state index is -0.214. The molecule has 0 saturated heterocycles. The van der Waals surface area contributed by atoms with Gasteiger partial charge in [0.25, 0.3) is 0 Å². The van der Waals surface area contributed by atoms with Crippen molar-refractivity contribution in [1.29, 1.82) is 0 Å². The van der Waals surface area contributed by atoms with Crippen molar-refractivity contribution in [3.63, 3.8) is 0 Å². The Kier molecular flexibility index (Phi) is 4.54. The summed E-state index contributed by atoms with van der Waals surface area (Å²) < 4.78 is 0. The van der Waals surface area contributed by atoms with E-state index in [1.54, 1.807) is 11.8 Å². The van der Waals surface area contributed by atoms with Gasteiger partial charge in [-0.05, 0) is 60.5 Å². The molecule has 2 heterocycles. The molecule has 1 aromatic carbocycles. The first-order valence-corrected chi connectivity index (χ1v) is 9.42. The number of nitrogens with zero attached hydrogens (tertiary/aromatic N) is 2. The lowest BCUT2D eigenvalue weighted by molar-refractivity contribution is -0.120. The number of allylic oxidation sites excluding steroid dienone is 1. The molecule has 1 unspecified atom stereocenters. The second-order valence-corrected chi connectivity index (χ2v) is 7.52. The Morgan fingerprint density at radius 3 is 2.92 bits per heavy atom. The summed E-state index contributed by atoms with van der Waals surface area (Å²) >= 11 is 6.84. The monoisotopic (exact) mass is 371 g/mol. The molecular formula is C17H17N5OS2. The summed E-state index contributed by atoms with van der Waals surface area (Å²) in [6.45, 7) is 0. The summed E-state index contributed by atoms with van der Waals surface area (Å²) in [4.78, 5) is 18.3. The van der Waals surface area contributed by atoms with Gasteiger partial charge in [0, 0.05) is 5.69 Å². The van der Waals surface area contributed by atoms with Crippen LogP contribution in [-0.4, -0.2) is 22.0 Å². The fraction of sp³-hybridized carbons (Fsp3) is 0.294. The summed E-state index contributed by atoms with van der Waals surface area (Å²) in [6.07, 6.45) is 4.39. The van der Waals surface area contributed by atoms with Crippen LogP contribution in [0, 0.1) is 5.92 Å². The topological polar surface area (TPSA) is 77.9 Å². The van der Waals surface area contributed by atoms with E-state index in [-0.39, 0.29) is 17.8 Å². The van der Waals surface area contributed by atoms with Crippen molar-refractivity contribution < 1.29 is 4.79 Å². The van der Waals surface area contributed by atoms with Crippen molar-refractivity contribution in [2.24, 2.45) is 16.0 Å². The Bertz CT molecular complexity index is 816. The molecule has 4 rings (SSSR count). The van der Waals surface area contributed by atoms with Crippen LogP contribution in [0.25, 0.3) is 0 Å². The summed E-state index contributed by atoms with van der Waals surface area (Å²) in [5.41, 5.74) is 4.84. The predicted molar refractivity (Wildman–Crippen MR) is 105 cm³/mol. The Morgan fingerprint density at radius 1 is 1.28 bits per heavy atom. The first kappa shape index (κ1) is 16.3. The van der Waals surface area contributed by atoms with Gasteiger partial charge >= 0.3 is 0 Å². The second kappa shape index (κ2) is 6.97. The van der Waals surface area contributed by atoms with Crippen molar-refractivity contribution in [2.75, 3.05) is 5.32 Å². The number of fused-ring (bicyclic) bond motifs is 2. The molecule has 25 heavy (non-hydrogen) atoms. The van der Waals surface area contributed by atoms with Crippen LogP contribution in [0.2, 0.25) is 0 Å². The summed E-state index contributed by atoms with van der Waals surface area (Å²) in [5.74, 6) is -0.0126. The lowest BCUT2D eigenvalue weighted by Gasteiger charge is -2.21. The summed E-state index contributed by atoms with van der Waals surface area (Å²) in [7, 11) is 0. The van der Waals surface area contributed by atoms with E-state index in [0.29, 0.717) is 5.11 Å². The number of hydrogen-bond donors (Lipinski definition) is 3. The summed E-state index contributed by atoms with van der Waals surface area (Å²) in [6, 6.07) is 9.56. The minimum absolute atomic E-state index is 0.0492. The van der Waals surface area contributed by atoms with Crippen LogP contribution in [0.15, 0.2) is 50.9 Å². The Balaban J connectivity index is 1.44. The maximum atomic E-state index is 12.5. The number of amides is 1. The largest absolute Gasteiger partial charge is 0.331 e. The lowest BCUT2D eigenvalue weighted by Crippen LogP contribution is -2.43. The third-order valence-electron chi connectivity index (χ3n) is 4.29. The van der Waals surface area contributed by atoms with Gasteiger partial charge in [0.05, 0.1) is 5.04 Å². The van der Waals surface area contributed by atoms with Crippen molar-refractivity contribution in [3.8, 4) is 0 Å². The van der Waals surface area contributed by atoms with E-state index in [4.69, 9.17) is 12.2 Å². The quantitative estimate of drug-likeness (QED) is 0.550. The Labute approximate surface area is 155 Å². The van der Waals surface area contributed by atoms with Gasteiger partial charge in [-0.2, -0.15) is 0 Å². The number of hydrazone groups is 1. The van der Waals surface area contributed by atoms with Crippen molar-refractivity contribution >= 4 is 51.7 Å². The average molecular weight is 371 g/mol. The maximum Gasteiger partial charge on any atom is 0.247 e. The number of nitrogens with one attached hydrogen (secondary N) is 3. The fourth-order valence-corrected chi connectivity index (χ4v) is 4.68. The molecule has 0 spiro atoms. The minimum Gasteiger partial charge on any atom is -0.331 e. The van der Waals surface area contributed by atoms with E-state index >= 15 is 0 Å². The highest BCUT2D eigenvalue weighted by atomic mass is 32.2. The smallest absolute Gasteiger partial charge is 0.247 e. The van der Waals surface area contributed by atoms with Crippen LogP contribution in [0.5, 0.6) is 0 Å². The average Bonchev–Trinajstić information content (AvgIpc) is 2.99. The normalized spacial score (nSPS) is 23.5. The Morgan fingerprint density at radius 2 is 2.08 bits per heavy atom. The number of hydrogen-bond acceptors (Lipinski definition) is 4. The van der Waals surface area contributed by atoms with Gasteiger partial charge in [-0.1, -0.05) is 30.0 Å². The third kappa shape index (κ3) is 3.45. The number of benzene rings is 1. The van der Waals surface area contributed by atoms with Gasteiger partial charge in [-0.25, -0.2) is 10.4 Å². The van der Waals surface area contributed by atoms with Crippen LogP contribution in [0.4, 0.5) is 5.69 Å². The zero-order valence-corrected chi connectivity index (χ0v) is 15.0. The molecule has 0 fully saturated rings. The highest BCUT2D eigenvalue weighted by molar-refractivity contribution is 8.17. The SMILES string of the molecule is O=C1N/C(=N\NC(=S)Nc2ccccc2)N=C2SC3=C(CCCC3)C12. The van der Waals surface area contributed by atoms with Gasteiger partial charge < -0.3 is 5.32 Å². The predicted octanol–water partition coefficient (Wildman–Crippen LogP) is 2.96. The van der Waals surface area contributed by atoms with Crippen LogP contribution in [0.1, 0.15) is 25.7 Å². The van der Waals surface area contributed by atoms with E-state index in [2.05, 4.69) is 26.2 Å². The zero-order valence-electron chi connectivity index (χ0n) is 13.4.